The second-order valence-electron chi connectivity index (χ2n) is 6.73. The van der Waals surface area contributed by atoms with E-state index in [-0.39, 0.29) is 29.6 Å². The molecule has 2 N–H and O–H groups in total. The number of amides is 2. The van der Waals surface area contributed by atoms with Crippen LogP contribution in [0, 0.1) is 11.7 Å². The summed E-state index contributed by atoms with van der Waals surface area (Å²) in [7, 11) is 0. The first kappa shape index (κ1) is 18.4. The number of hydrogen-bond acceptors (Lipinski definition) is 3. The van der Waals surface area contributed by atoms with Crippen molar-refractivity contribution in [1.82, 2.24) is 9.80 Å². The molecule has 0 aliphatic carbocycles. The van der Waals surface area contributed by atoms with Crippen LogP contribution < -0.4 is 5.73 Å². The summed E-state index contributed by atoms with van der Waals surface area (Å²) in [4.78, 5) is 27.7. The summed E-state index contributed by atoms with van der Waals surface area (Å²) in [6, 6.07) is 6.33. The molecule has 1 atom stereocenters. The molecule has 1 fully saturated rings. The molecular formula is C18H26FN3O2. The van der Waals surface area contributed by atoms with Crippen molar-refractivity contribution in [2.24, 2.45) is 11.7 Å². The standard InChI is InChI=1S/C18H26FN3O2/c1-13(2)16-12-21(9-7-17(20)23)10-8-18(24)22(16)11-14-3-5-15(19)6-4-14/h3-6,13,16H,7-12H2,1-2H3,(H2,20,23)/t16-/m0/s1. The Morgan fingerprint density at radius 1 is 1.33 bits per heavy atom. The molecule has 0 saturated carbocycles. The number of nitrogens with zero attached hydrogens (tertiary/aromatic N) is 2. The lowest BCUT2D eigenvalue weighted by molar-refractivity contribution is -0.134. The van der Waals surface area contributed by atoms with E-state index >= 15 is 0 Å². The summed E-state index contributed by atoms with van der Waals surface area (Å²) >= 11 is 0. The van der Waals surface area contributed by atoms with Gasteiger partial charge in [-0.2, -0.15) is 0 Å². The van der Waals surface area contributed by atoms with Crippen LogP contribution in [-0.2, 0) is 16.1 Å². The van der Waals surface area contributed by atoms with Gasteiger partial charge in [0.2, 0.25) is 11.8 Å². The fourth-order valence-corrected chi connectivity index (χ4v) is 3.07. The molecule has 2 amide bonds. The summed E-state index contributed by atoms with van der Waals surface area (Å²) in [6.45, 7) is 6.59. The van der Waals surface area contributed by atoms with Gasteiger partial charge in [0.05, 0.1) is 0 Å². The molecule has 24 heavy (non-hydrogen) atoms. The number of nitrogens with two attached hydrogens (primary N) is 1. The van der Waals surface area contributed by atoms with Crippen LogP contribution in [0.2, 0.25) is 0 Å². The van der Waals surface area contributed by atoms with Crippen LogP contribution in [-0.4, -0.2) is 47.3 Å². The lowest BCUT2D eigenvalue weighted by Gasteiger charge is -2.34. The Hall–Kier alpha value is -1.95. The molecule has 1 aromatic rings. The first-order valence-electron chi connectivity index (χ1n) is 8.41. The third-order valence-corrected chi connectivity index (χ3v) is 4.52. The molecule has 0 spiro atoms. The lowest BCUT2D eigenvalue weighted by atomic mass is 10.0. The number of carbonyl (C=O) groups excluding carboxylic acids is 2. The molecule has 0 unspecified atom stereocenters. The third kappa shape index (κ3) is 5.03. The monoisotopic (exact) mass is 335 g/mol. The Morgan fingerprint density at radius 2 is 2.00 bits per heavy atom. The minimum absolute atomic E-state index is 0.0536. The molecular weight excluding hydrogens is 309 g/mol. The van der Waals surface area contributed by atoms with Gasteiger partial charge in [-0.05, 0) is 23.6 Å². The predicted octanol–water partition coefficient (Wildman–Crippen LogP) is 1.76. The summed E-state index contributed by atoms with van der Waals surface area (Å²) in [5.41, 5.74) is 6.16. The zero-order valence-electron chi connectivity index (χ0n) is 14.4. The normalized spacial score (nSPS) is 19.6. The Kier molecular flexibility index (Phi) is 6.31. The molecule has 1 heterocycles. The van der Waals surface area contributed by atoms with Crippen molar-refractivity contribution in [2.75, 3.05) is 19.6 Å². The summed E-state index contributed by atoms with van der Waals surface area (Å²) < 4.78 is 13.1. The quantitative estimate of drug-likeness (QED) is 0.861. The van der Waals surface area contributed by atoms with Crippen LogP contribution in [0.4, 0.5) is 4.39 Å². The molecule has 1 aliphatic rings. The number of halogens is 1. The van der Waals surface area contributed by atoms with Gasteiger partial charge in [-0.25, -0.2) is 4.39 Å². The molecule has 0 aromatic heterocycles. The smallest absolute Gasteiger partial charge is 0.224 e. The second-order valence-corrected chi connectivity index (χ2v) is 6.73. The van der Waals surface area contributed by atoms with E-state index in [0.717, 1.165) is 12.1 Å². The van der Waals surface area contributed by atoms with Gasteiger partial charge in [-0.15, -0.1) is 0 Å². The van der Waals surface area contributed by atoms with Crippen LogP contribution in [0.3, 0.4) is 0 Å². The fourth-order valence-electron chi connectivity index (χ4n) is 3.07. The highest BCUT2D eigenvalue weighted by molar-refractivity contribution is 5.77. The predicted molar refractivity (Wildman–Crippen MR) is 90.4 cm³/mol. The van der Waals surface area contributed by atoms with E-state index < -0.39 is 0 Å². The zero-order chi connectivity index (χ0) is 17.7. The van der Waals surface area contributed by atoms with E-state index in [1.165, 1.54) is 12.1 Å². The third-order valence-electron chi connectivity index (χ3n) is 4.52. The van der Waals surface area contributed by atoms with Crippen molar-refractivity contribution in [3.05, 3.63) is 35.6 Å². The average molecular weight is 335 g/mol. The molecule has 1 aliphatic heterocycles. The van der Waals surface area contributed by atoms with Gasteiger partial charge < -0.3 is 15.5 Å². The van der Waals surface area contributed by atoms with Crippen LogP contribution >= 0.6 is 0 Å². The maximum absolute atomic E-state index is 13.1. The zero-order valence-corrected chi connectivity index (χ0v) is 14.4. The highest BCUT2D eigenvalue weighted by atomic mass is 19.1. The van der Waals surface area contributed by atoms with Crippen LogP contribution in [0.5, 0.6) is 0 Å². The molecule has 0 radical (unpaired) electrons. The van der Waals surface area contributed by atoms with E-state index in [2.05, 4.69) is 18.7 Å². The highest BCUT2D eigenvalue weighted by Gasteiger charge is 2.31. The minimum Gasteiger partial charge on any atom is -0.370 e. The average Bonchev–Trinajstić information content (AvgIpc) is 2.68. The van der Waals surface area contributed by atoms with E-state index in [4.69, 9.17) is 5.73 Å². The van der Waals surface area contributed by atoms with Crippen molar-refractivity contribution in [1.29, 1.82) is 0 Å². The number of benzene rings is 1. The highest BCUT2D eigenvalue weighted by Crippen LogP contribution is 2.21. The molecule has 1 aromatic carbocycles. The molecule has 6 heteroatoms. The number of rotatable bonds is 6. The maximum Gasteiger partial charge on any atom is 0.224 e. The Bertz CT molecular complexity index is 574. The van der Waals surface area contributed by atoms with Crippen LogP contribution in [0.15, 0.2) is 24.3 Å². The Morgan fingerprint density at radius 3 is 2.58 bits per heavy atom. The second kappa shape index (κ2) is 8.24. The summed E-state index contributed by atoms with van der Waals surface area (Å²) in [5, 5.41) is 0. The lowest BCUT2D eigenvalue weighted by Crippen LogP contribution is -2.46. The molecule has 2 rings (SSSR count). The van der Waals surface area contributed by atoms with Crippen molar-refractivity contribution in [2.45, 2.75) is 39.3 Å². The number of hydrogen-bond donors (Lipinski definition) is 1. The summed E-state index contributed by atoms with van der Waals surface area (Å²) in [6.07, 6.45) is 0.722. The number of primary amides is 1. The molecule has 0 bridgehead atoms. The van der Waals surface area contributed by atoms with E-state index in [0.29, 0.717) is 32.5 Å². The van der Waals surface area contributed by atoms with Gasteiger partial charge >= 0.3 is 0 Å². The van der Waals surface area contributed by atoms with Crippen molar-refractivity contribution < 1.29 is 14.0 Å². The molecule has 1 saturated heterocycles. The molecule has 5 nitrogen and oxygen atoms in total. The Balaban J connectivity index is 2.13. The van der Waals surface area contributed by atoms with Gasteiger partial charge in [0, 0.05) is 45.1 Å². The topological polar surface area (TPSA) is 66.6 Å². The van der Waals surface area contributed by atoms with Crippen molar-refractivity contribution >= 4 is 11.8 Å². The van der Waals surface area contributed by atoms with Gasteiger partial charge in [0.15, 0.2) is 0 Å². The van der Waals surface area contributed by atoms with Crippen molar-refractivity contribution in [3.8, 4) is 0 Å². The van der Waals surface area contributed by atoms with Crippen LogP contribution in [0.25, 0.3) is 0 Å². The van der Waals surface area contributed by atoms with Crippen molar-refractivity contribution in [3.63, 3.8) is 0 Å². The minimum atomic E-state index is -0.324. The number of carbonyl (C=O) groups is 2. The summed E-state index contributed by atoms with van der Waals surface area (Å²) in [5.74, 6) is -0.225. The largest absolute Gasteiger partial charge is 0.370 e. The van der Waals surface area contributed by atoms with Gasteiger partial charge in [0.1, 0.15) is 5.82 Å². The van der Waals surface area contributed by atoms with E-state index in [1.807, 2.05) is 4.90 Å². The SMILES string of the molecule is CC(C)[C@@H]1CN(CCC(N)=O)CCC(=O)N1Cc1ccc(F)cc1. The van der Waals surface area contributed by atoms with E-state index in [9.17, 15) is 14.0 Å². The Labute approximate surface area is 142 Å². The van der Waals surface area contributed by atoms with Gasteiger partial charge in [0.25, 0.3) is 0 Å². The fraction of sp³-hybridized carbons (Fsp3) is 0.556. The maximum atomic E-state index is 13.1. The first-order valence-corrected chi connectivity index (χ1v) is 8.41. The van der Waals surface area contributed by atoms with Gasteiger partial charge in [-0.1, -0.05) is 26.0 Å². The van der Waals surface area contributed by atoms with Crippen LogP contribution in [0.1, 0.15) is 32.3 Å². The molecule has 132 valence electrons. The first-order chi connectivity index (χ1) is 11.4. The van der Waals surface area contributed by atoms with Gasteiger partial charge in [-0.3, -0.25) is 9.59 Å². The van der Waals surface area contributed by atoms with E-state index in [1.54, 1.807) is 12.1 Å².